The van der Waals surface area contributed by atoms with E-state index in [1.54, 1.807) is 98.8 Å². The quantitative estimate of drug-likeness (QED) is 0.0132. The number of phenolic OH excluding ortho intramolecular Hbond substituents is 2. The fraction of sp³-hybridized carbons (Fsp3) is 0.537. The molecule has 11 unspecified atom stereocenters. The lowest BCUT2D eigenvalue weighted by Gasteiger charge is -2.27. The number of guanidine groups is 4. The Morgan fingerprint density at radius 1 is 0.428 bits per heavy atom. The van der Waals surface area contributed by atoms with Crippen LogP contribution in [0.3, 0.4) is 0 Å². The van der Waals surface area contributed by atoms with Crippen LogP contribution in [-0.4, -0.2) is 224 Å². The molecule has 0 bridgehead atoms. The van der Waals surface area contributed by atoms with Crippen LogP contribution in [0.2, 0.25) is 0 Å². The predicted octanol–water partition coefficient (Wildman–Crippen LogP) is 3.18. The lowest BCUT2D eigenvalue weighted by Crippen LogP contribution is -2.48. The monoisotopic (exact) mass is 1990 g/mol. The summed E-state index contributed by atoms with van der Waals surface area (Å²) in [5, 5.41) is 41.8. The van der Waals surface area contributed by atoms with Crippen molar-refractivity contribution in [2.45, 2.75) is 235 Å². The summed E-state index contributed by atoms with van der Waals surface area (Å²) in [4.78, 5) is 235. The number of rotatable bonds is 40. The number of Topliss-reactive ketones (excluding diaryl/α,β-unsaturated/α-hetero) is 7. The van der Waals surface area contributed by atoms with Gasteiger partial charge >= 0.3 is 0 Å². The number of hydrogen-bond acceptors (Lipinski definition) is 26. The Morgan fingerprint density at radius 3 is 1.20 bits per heavy atom. The number of nitrogens with two attached hydrogens (primary N) is 9. The Bertz CT molecular complexity index is 4860. The van der Waals surface area contributed by atoms with E-state index < -0.39 is 176 Å². The van der Waals surface area contributed by atoms with E-state index in [9.17, 15) is 86.9 Å². The molecule has 0 aliphatic carbocycles. The van der Waals surface area contributed by atoms with Crippen LogP contribution in [0, 0.1) is 35.5 Å². The zero-order chi connectivity index (χ0) is 102. The Morgan fingerprint density at radius 2 is 0.790 bits per heavy atom. The SMILES string of the molecule is CC(=O)[C@H](CCCN=C(N)N)CC(=O)C(CCCN=C(N)N)NC(=O)C1CSSC(C)(C)CNC(=O)CC(NC(=O)C(C)Cc2ccc(O)cc2)C(=O)CCC(=O)NC(Cc2ccccc2)C(=O)C1.CC(Cc1ccc(O)cc1)C(=O)NC1CSSC(C)(C)CNC(=O)CC(C(=O)NC(CCCN=C(N)N)C(=O)CC(CCCN=C(N)N)C(N)=O)CC(=O)C(Cc2ccccc2)NC(=O)CCC1=O. The van der Waals surface area contributed by atoms with E-state index in [4.69, 9.17) is 51.6 Å². The van der Waals surface area contributed by atoms with Gasteiger partial charge in [0, 0.05) is 142 Å². The molecule has 4 aromatic rings. The van der Waals surface area contributed by atoms with Crippen LogP contribution in [0.25, 0.3) is 0 Å². The minimum absolute atomic E-state index is 0.0170. The zero-order valence-corrected chi connectivity index (χ0v) is 82.8. The van der Waals surface area contributed by atoms with Crippen molar-refractivity contribution in [1.82, 2.24) is 42.5 Å². The van der Waals surface area contributed by atoms with Crippen molar-refractivity contribution < 1.29 is 86.9 Å². The summed E-state index contributed by atoms with van der Waals surface area (Å²) in [5.41, 5.74) is 52.4. The van der Waals surface area contributed by atoms with Gasteiger partial charge in [-0.1, -0.05) is 142 Å². The van der Waals surface area contributed by atoms with E-state index in [0.717, 1.165) is 16.7 Å². The number of nitrogens with one attached hydrogen (secondary N) is 8. The lowest BCUT2D eigenvalue weighted by atomic mass is 9.89. The van der Waals surface area contributed by atoms with Crippen molar-refractivity contribution in [3.05, 3.63) is 131 Å². The van der Waals surface area contributed by atoms with Crippen LogP contribution >= 0.6 is 43.2 Å². The van der Waals surface area contributed by atoms with Gasteiger partial charge in [-0.15, -0.1) is 0 Å². The number of hydrogen-bond donors (Lipinski definition) is 19. The molecule has 2 aliphatic rings. The third-order valence-corrected chi connectivity index (χ3v) is 29.3. The molecule has 39 nitrogen and oxygen atoms in total. The second kappa shape index (κ2) is 60.6. The number of benzene rings is 4. The van der Waals surface area contributed by atoms with Crippen LogP contribution in [0.1, 0.15) is 186 Å². The van der Waals surface area contributed by atoms with E-state index in [1.807, 2.05) is 27.7 Å². The van der Waals surface area contributed by atoms with Crippen molar-refractivity contribution in [2.75, 3.05) is 50.8 Å². The third-order valence-electron chi connectivity index (χ3n) is 22.6. The van der Waals surface area contributed by atoms with Crippen LogP contribution < -0.4 is 94.1 Å². The zero-order valence-electron chi connectivity index (χ0n) is 79.6. The van der Waals surface area contributed by atoms with Crippen LogP contribution in [-0.2, 0) is 102 Å². The smallest absolute Gasteiger partial charge is 0.225 e. The Labute approximate surface area is 821 Å². The minimum atomic E-state index is -1.32. The molecule has 6 rings (SSSR count). The average molecular weight is 1990 g/mol. The van der Waals surface area contributed by atoms with Crippen molar-refractivity contribution in [3.63, 3.8) is 0 Å². The molecule has 28 N–H and O–H groups in total. The molecule has 4 aromatic carbocycles. The minimum Gasteiger partial charge on any atom is -0.508 e. The van der Waals surface area contributed by atoms with Gasteiger partial charge in [-0.3, -0.25) is 96.7 Å². The number of carbonyl (C=O) groups is 16. The maximum atomic E-state index is 14.4. The van der Waals surface area contributed by atoms with E-state index in [1.165, 1.54) is 74.4 Å². The summed E-state index contributed by atoms with van der Waals surface area (Å²) >= 11 is 0. The molecule has 756 valence electrons. The van der Waals surface area contributed by atoms with Crippen LogP contribution in [0.4, 0.5) is 0 Å². The molecule has 9 amide bonds. The van der Waals surface area contributed by atoms with E-state index in [-0.39, 0.29) is 188 Å². The Hall–Kier alpha value is -12.1. The molecule has 43 heteroatoms. The molecule has 0 spiro atoms. The normalized spacial score (nSPS) is 19.7. The molecule has 2 saturated heterocycles. The highest BCUT2D eigenvalue weighted by Gasteiger charge is 2.38. The molecule has 0 saturated carbocycles. The van der Waals surface area contributed by atoms with Gasteiger partial charge in [0.1, 0.15) is 17.3 Å². The van der Waals surface area contributed by atoms with Gasteiger partial charge < -0.3 is 104 Å². The first-order chi connectivity index (χ1) is 65.2. The maximum Gasteiger partial charge on any atom is 0.225 e. The third kappa shape index (κ3) is 46.8. The first-order valence-corrected chi connectivity index (χ1v) is 50.6. The molecular weight excluding hydrogens is 1850 g/mol. The number of primary amides is 1. The molecular formula is C95H139N21O18S4. The second-order valence-corrected chi connectivity index (χ2v) is 41.9. The van der Waals surface area contributed by atoms with Gasteiger partial charge in [-0.05, 0) is 158 Å². The van der Waals surface area contributed by atoms with Gasteiger partial charge in [0.2, 0.25) is 53.2 Å². The topological polar surface area (TPSA) is 693 Å². The Balaban J connectivity index is 0.000000487. The highest BCUT2D eigenvalue weighted by Crippen LogP contribution is 2.39. The van der Waals surface area contributed by atoms with Crippen molar-refractivity contribution in [1.29, 1.82) is 0 Å². The lowest BCUT2D eigenvalue weighted by molar-refractivity contribution is -0.136. The fourth-order valence-corrected chi connectivity index (χ4v) is 20.1. The standard InChI is InChI=1S/C48H70N10O9S2.C47H69N11O9S2/c1-29(22-32-14-16-35(60)17-15-32)44(66)58-38-26-43(65)55-28-48(3,4)69-68-27-34(25-41(63)37(23-31-10-6-5-7-11-31)56-42(64)19-18-39(38)61)45(67)57-36(13-9-21-54-47(51)52)40(62)24-33(30(2)59)12-8-20-53-46(49)50;1-28(21-30-13-15-33(59)16-14-30)43(66)58-36-26-68-69-47(2,3)27-55-41(64)25-32(24-39(62)35(22-29-9-5-4-6-10-29)56-40(63)18-17-37(36)60)44(67)57-34(12-8-20-54-46(51)52)38(61)23-31(42(48)65)11-7-19-53-45(49)50/h5-7,10-11,14-17,29,33-34,36-38,60H,8-9,12-13,18-28H2,1-4H3,(H,55,65)(H,56,64)(H,57,67)(H,58,66)(H4,49,50,53)(H4,51,52,54);4-6,9-10,13-16,28,31-32,34-36,59H,7-8,11-12,17-27H2,1-3H3,(H2,48,65)(H,55,64)(H,56,63)(H,57,67)(H,58,66)(H4,49,50,53)(H4,51,52,54)/t29?,33-,34?,36?,37?,38?;/m1./s1. The van der Waals surface area contributed by atoms with E-state index >= 15 is 0 Å². The van der Waals surface area contributed by atoms with Crippen molar-refractivity contribution in [2.24, 2.45) is 107 Å². The largest absolute Gasteiger partial charge is 0.508 e. The molecule has 138 heavy (non-hydrogen) atoms. The molecule has 2 heterocycles. The molecule has 2 aliphatic heterocycles. The number of ketones is 7. The van der Waals surface area contributed by atoms with E-state index in [0.29, 0.717) is 44.1 Å². The predicted molar refractivity (Wildman–Crippen MR) is 538 cm³/mol. The average Bonchev–Trinajstić information content (AvgIpc) is 0.861. The molecule has 12 atom stereocenters. The Kier molecular flexibility index (Phi) is 51.1. The van der Waals surface area contributed by atoms with Crippen molar-refractivity contribution >= 4 is 161 Å². The first-order valence-electron chi connectivity index (χ1n) is 46.0. The molecule has 0 aromatic heterocycles. The summed E-state index contributed by atoms with van der Waals surface area (Å²) in [6, 6.07) is 23.9. The molecule has 0 radical (unpaired) electrons. The number of phenols is 2. The second-order valence-electron chi connectivity index (χ2n) is 35.8. The van der Waals surface area contributed by atoms with Crippen LogP contribution in [0.15, 0.2) is 129 Å². The molecule has 2 fully saturated rings. The summed E-state index contributed by atoms with van der Waals surface area (Å²) in [7, 11) is 5.32. The highest BCUT2D eigenvalue weighted by molar-refractivity contribution is 8.77. The highest BCUT2D eigenvalue weighted by atomic mass is 33.1. The first kappa shape index (κ1) is 116. The van der Waals surface area contributed by atoms with Gasteiger partial charge in [0.15, 0.2) is 58.5 Å². The fourth-order valence-electron chi connectivity index (χ4n) is 14.7. The summed E-state index contributed by atoms with van der Waals surface area (Å²) in [6.07, 6.45) is -0.772. The summed E-state index contributed by atoms with van der Waals surface area (Å²) < 4.78 is -1.29. The van der Waals surface area contributed by atoms with E-state index in [2.05, 4.69) is 62.5 Å². The number of aliphatic imine (C=N–C) groups is 4. The van der Waals surface area contributed by atoms with Gasteiger partial charge in [0.25, 0.3) is 0 Å². The summed E-state index contributed by atoms with van der Waals surface area (Å²) in [5.74, 6) is -13.6. The van der Waals surface area contributed by atoms with Gasteiger partial charge in [-0.25, -0.2) is 0 Å². The van der Waals surface area contributed by atoms with Crippen molar-refractivity contribution in [3.8, 4) is 11.5 Å². The number of carbonyl (C=O) groups excluding carboxylic acids is 16. The van der Waals surface area contributed by atoms with Crippen LogP contribution in [0.5, 0.6) is 11.5 Å². The maximum absolute atomic E-state index is 14.4. The van der Waals surface area contributed by atoms with Gasteiger partial charge in [0.05, 0.1) is 54.5 Å². The number of aromatic hydroxyl groups is 2. The number of amides is 9. The number of nitrogens with zero attached hydrogens (tertiary/aromatic N) is 4. The summed E-state index contributed by atoms with van der Waals surface area (Å²) in [6.45, 7) is 13.2. The van der Waals surface area contributed by atoms with Gasteiger partial charge in [-0.2, -0.15) is 0 Å².